The monoisotopic (exact) mass is 242 g/mol. The van der Waals surface area contributed by atoms with Gasteiger partial charge >= 0.3 is 7.60 Å². The molecule has 0 rings (SSSR count). The van der Waals surface area contributed by atoms with Crippen molar-refractivity contribution in [3.63, 3.8) is 0 Å². The van der Waals surface area contributed by atoms with Gasteiger partial charge in [0.05, 0.1) is 0 Å². The van der Waals surface area contributed by atoms with E-state index < -0.39 is 7.60 Å². The smallest absolute Gasteiger partial charge is 0.324 e. The second-order valence-electron chi connectivity index (χ2n) is 3.16. The lowest BCUT2D eigenvalue weighted by atomic mass is 10.1. The lowest BCUT2D eigenvalue weighted by Gasteiger charge is -2.02. The van der Waals surface area contributed by atoms with Crippen molar-refractivity contribution in [2.45, 2.75) is 45.4 Å². The Bertz CT molecular complexity index is 145. The van der Waals surface area contributed by atoms with E-state index in [2.05, 4.69) is 16.2 Å². The number of hydrogen-bond acceptors (Lipinski definition) is 1. The minimum atomic E-state index is -3.72. The van der Waals surface area contributed by atoms with Crippen molar-refractivity contribution < 1.29 is 14.4 Å². The third-order valence-corrected chi connectivity index (χ3v) is 2.70. The predicted molar refractivity (Wildman–Crippen MR) is 65.9 cm³/mol. The molecule has 0 aliphatic rings. The van der Waals surface area contributed by atoms with Crippen LogP contribution < -0.4 is 0 Å². The standard InChI is InChI=1S/C8H19O3P.CH5P/c1-2-3-4-5-6-7-8-12(9,10)11;1-2/h2-8H2,1H3,(H2,9,10,11);2H2,1H3. The van der Waals surface area contributed by atoms with Gasteiger partial charge in [-0.1, -0.05) is 45.7 Å². The molecule has 1 unspecified atom stereocenters. The lowest BCUT2D eigenvalue weighted by Crippen LogP contribution is -1.88. The molecular weight excluding hydrogens is 218 g/mol. The van der Waals surface area contributed by atoms with Crippen molar-refractivity contribution in [1.29, 1.82) is 0 Å². The molecule has 0 aliphatic heterocycles. The summed E-state index contributed by atoms with van der Waals surface area (Å²) in [7, 11) is -1.30. The van der Waals surface area contributed by atoms with Crippen molar-refractivity contribution in [1.82, 2.24) is 0 Å². The lowest BCUT2D eigenvalue weighted by molar-refractivity contribution is 0.370. The maximum Gasteiger partial charge on any atom is 0.325 e. The Morgan fingerprint density at radius 1 is 1.00 bits per heavy atom. The topological polar surface area (TPSA) is 57.5 Å². The minimum Gasteiger partial charge on any atom is -0.324 e. The van der Waals surface area contributed by atoms with E-state index in [1.165, 1.54) is 19.3 Å². The largest absolute Gasteiger partial charge is 0.325 e. The quantitative estimate of drug-likeness (QED) is 0.533. The zero-order valence-electron chi connectivity index (χ0n) is 9.28. The van der Waals surface area contributed by atoms with Crippen LogP contribution in [0, 0.1) is 0 Å². The fourth-order valence-electron chi connectivity index (χ4n) is 1.10. The van der Waals surface area contributed by atoms with Crippen LogP contribution in [-0.4, -0.2) is 22.6 Å². The summed E-state index contributed by atoms with van der Waals surface area (Å²) in [6.45, 7) is 4.07. The summed E-state index contributed by atoms with van der Waals surface area (Å²) in [5.41, 5.74) is 0. The molecule has 0 bridgehead atoms. The molecule has 0 heterocycles. The Morgan fingerprint density at radius 2 is 1.43 bits per heavy atom. The third-order valence-electron chi connectivity index (χ3n) is 1.80. The van der Waals surface area contributed by atoms with Gasteiger partial charge in [-0.25, -0.2) is 0 Å². The number of hydrogen-bond donors (Lipinski definition) is 2. The molecule has 88 valence electrons. The molecule has 0 amide bonds. The molecule has 0 saturated carbocycles. The molecule has 5 heteroatoms. The van der Waals surface area contributed by atoms with Gasteiger partial charge in [0.1, 0.15) is 0 Å². The maximum atomic E-state index is 10.4. The highest BCUT2D eigenvalue weighted by molar-refractivity contribution is 7.51. The third kappa shape index (κ3) is 18.4. The molecule has 0 aromatic heterocycles. The average Bonchev–Trinajstić information content (AvgIpc) is 2.13. The van der Waals surface area contributed by atoms with Gasteiger partial charge < -0.3 is 9.79 Å². The molecule has 0 saturated heterocycles. The van der Waals surface area contributed by atoms with Crippen LogP contribution in [0.4, 0.5) is 0 Å². The van der Waals surface area contributed by atoms with E-state index >= 15 is 0 Å². The van der Waals surface area contributed by atoms with E-state index in [1.807, 2.05) is 6.66 Å². The van der Waals surface area contributed by atoms with E-state index in [9.17, 15) is 4.57 Å². The first-order valence-electron chi connectivity index (χ1n) is 5.18. The fourth-order valence-corrected chi connectivity index (χ4v) is 1.73. The molecule has 0 fully saturated rings. The van der Waals surface area contributed by atoms with Crippen LogP contribution in [0.2, 0.25) is 0 Å². The zero-order chi connectivity index (χ0) is 11.4. The number of unbranched alkanes of at least 4 members (excludes halogenated alkanes) is 5. The Labute approximate surface area is 90.0 Å². The first kappa shape index (κ1) is 17.0. The first-order chi connectivity index (χ1) is 6.56. The summed E-state index contributed by atoms with van der Waals surface area (Å²) in [5.74, 6) is 0. The highest BCUT2D eigenvalue weighted by atomic mass is 31.2. The highest BCUT2D eigenvalue weighted by Gasteiger charge is 2.10. The minimum absolute atomic E-state index is 0.0547. The average molecular weight is 242 g/mol. The van der Waals surface area contributed by atoms with Crippen molar-refractivity contribution in [2.24, 2.45) is 0 Å². The van der Waals surface area contributed by atoms with Crippen LogP contribution in [-0.2, 0) is 4.57 Å². The van der Waals surface area contributed by atoms with Gasteiger partial charge in [0.25, 0.3) is 0 Å². The van der Waals surface area contributed by atoms with Gasteiger partial charge in [0, 0.05) is 6.16 Å². The van der Waals surface area contributed by atoms with Crippen molar-refractivity contribution >= 4 is 16.8 Å². The van der Waals surface area contributed by atoms with Crippen LogP contribution in [0.15, 0.2) is 0 Å². The van der Waals surface area contributed by atoms with E-state index in [4.69, 9.17) is 9.79 Å². The summed E-state index contributed by atoms with van der Waals surface area (Å²) in [6.07, 6.45) is 6.40. The molecule has 0 radical (unpaired) electrons. The van der Waals surface area contributed by atoms with Crippen LogP contribution in [0.3, 0.4) is 0 Å². The van der Waals surface area contributed by atoms with E-state index in [0.29, 0.717) is 6.42 Å². The molecule has 0 aliphatic carbocycles. The van der Waals surface area contributed by atoms with Crippen LogP contribution in [0.1, 0.15) is 45.4 Å². The normalized spacial score (nSPS) is 10.6. The molecule has 0 aromatic rings. The molecule has 0 aromatic carbocycles. The van der Waals surface area contributed by atoms with E-state index in [-0.39, 0.29) is 6.16 Å². The van der Waals surface area contributed by atoms with Crippen LogP contribution >= 0.6 is 16.8 Å². The predicted octanol–water partition coefficient (Wildman–Crippen LogP) is 3.02. The SMILES string of the molecule is CCCCCCCCP(=O)(O)O.CP. The zero-order valence-corrected chi connectivity index (χ0v) is 11.3. The van der Waals surface area contributed by atoms with Gasteiger partial charge in [-0.15, -0.1) is 9.24 Å². The molecule has 1 atom stereocenters. The summed E-state index contributed by atoms with van der Waals surface area (Å²) in [4.78, 5) is 17.1. The fraction of sp³-hybridized carbons (Fsp3) is 1.00. The van der Waals surface area contributed by atoms with Crippen LogP contribution in [0.25, 0.3) is 0 Å². The van der Waals surface area contributed by atoms with Gasteiger partial charge in [-0.05, 0) is 6.42 Å². The van der Waals surface area contributed by atoms with Crippen LogP contribution in [0.5, 0.6) is 0 Å². The summed E-state index contributed by atoms with van der Waals surface area (Å²) in [5, 5.41) is 0. The molecular formula is C9H24O3P2. The van der Waals surface area contributed by atoms with Crippen molar-refractivity contribution in [3.8, 4) is 0 Å². The summed E-state index contributed by atoms with van der Waals surface area (Å²) >= 11 is 0. The van der Waals surface area contributed by atoms with Crippen molar-refractivity contribution in [3.05, 3.63) is 0 Å². The van der Waals surface area contributed by atoms with E-state index in [1.54, 1.807) is 0 Å². The van der Waals surface area contributed by atoms with Gasteiger partial charge in [0.15, 0.2) is 0 Å². The maximum absolute atomic E-state index is 10.4. The Morgan fingerprint density at radius 3 is 1.86 bits per heavy atom. The van der Waals surface area contributed by atoms with E-state index in [0.717, 1.165) is 12.8 Å². The molecule has 0 spiro atoms. The van der Waals surface area contributed by atoms with Gasteiger partial charge in [-0.2, -0.15) is 0 Å². The second kappa shape index (κ2) is 11.7. The van der Waals surface area contributed by atoms with Gasteiger partial charge in [-0.3, -0.25) is 4.57 Å². The summed E-state index contributed by atoms with van der Waals surface area (Å²) < 4.78 is 10.4. The Balaban J connectivity index is 0. The van der Waals surface area contributed by atoms with Crippen molar-refractivity contribution in [2.75, 3.05) is 12.8 Å². The Hall–Kier alpha value is 0.580. The Kier molecular flexibility index (Phi) is 14.1. The summed E-state index contributed by atoms with van der Waals surface area (Å²) in [6, 6.07) is 0. The number of rotatable bonds is 7. The molecule has 2 N–H and O–H groups in total. The second-order valence-corrected chi connectivity index (χ2v) is 4.93. The van der Waals surface area contributed by atoms with Gasteiger partial charge in [0.2, 0.25) is 0 Å². The molecule has 14 heavy (non-hydrogen) atoms. The highest BCUT2D eigenvalue weighted by Crippen LogP contribution is 2.35. The first-order valence-corrected chi connectivity index (χ1v) is 8.14. The molecule has 3 nitrogen and oxygen atoms in total.